The molecule has 0 saturated heterocycles. The first-order valence-electron chi connectivity index (χ1n) is 4.98. The Morgan fingerprint density at radius 3 is 2.67 bits per heavy atom. The summed E-state index contributed by atoms with van der Waals surface area (Å²) in [5.41, 5.74) is 1.00. The van der Waals surface area contributed by atoms with Crippen LogP contribution in [0.4, 0.5) is 11.5 Å². The van der Waals surface area contributed by atoms with Gasteiger partial charge >= 0.3 is 5.82 Å². The molecule has 1 aliphatic rings. The second kappa shape index (κ2) is 3.49. The fourth-order valence-electron chi connectivity index (χ4n) is 1.75. The molecule has 2 rings (SSSR count). The van der Waals surface area contributed by atoms with Gasteiger partial charge in [0.15, 0.2) is 6.20 Å². The molecule has 0 atom stereocenters. The van der Waals surface area contributed by atoms with E-state index in [1.807, 2.05) is 0 Å². The van der Waals surface area contributed by atoms with Crippen LogP contribution < -0.4 is 5.32 Å². The minimum atomic E-state index is -0.491. The van der Waals surface area contributed by atoms with Crippen LogP contribution in [0.25, 0.3) is 0 Å². The summed E-state index contributed by atoms with van der Waals surface area (Å²) in [5.74, 6) is -0.112. The minimum Gasteiger partial charge on any atom is -0.377 e. The number of anilines is 1. The van der Waals surface area contributed by atoms with Crippen molar-refractivity contribution < 1.29 is 4.92 Å². The van der Waals surface area contributed by atoms with Gasteiger partial charge in [0, 0.05) is 11.6 Å². The lowest BCUT2D eigenvalue weighted by Gasteiger charge is -2.39. The molecule has 0 bridgehead atoms. The average Bonchev–Trinajstić information content (AvgIpc) is 2.16. The second-order valence-electron chi connectivity index (χ2n) is 4.20. The lowest BCUT2D eigenvalue weighted by Crippen LogP contribution is -2.41. The summed E-state index contributed by atoms with van der Waals surface area (Å²) < 4.78 is 0. The summed E-state index contributed by atoms with van der Waals surface area (Å²) in [6.07, 6.45) is 5.04. The van der Waals surface area contributed by atoms with Gasteiger partial charge in [-0.3, -0.25) is 0 Å². The smallest absolute Gasteiger partial charge is 0.363 e. The maximum atomic E-state index is 10.4. The molecule has 5 nitrogen and oxygen atoms in total. The van der Waals surface area contributed by atoms with Gasteiger partial charge in [-0.15, -0.1) is 0 Å². The Morgan fingerprint density at radius 1 is 1.53 bits per heavy atom. The van der Waals surface area contributed by atoms with E-state index in [2.05, 4.69) is 17.2 Å². The van der Waals surface area contributed by atoms with Crippen molar-refractivity contribution >= 4 is 11.5 Å². The van der Waals surface area contributed by atoms with E-state index < -0.39 is 4.92 Å². The standard InChI is InChI=1S/C10H13N3O2/c1-10(5-2-6-10)12-8-3-4-9(11-7-8)13(14)15/h3-4,7,12H,2,5-6H2,1H3. The zero-order valence-corrected chi connectivity index (χ0v) is 8.56. The molecule has 0 spiro atoms. The Labute approximate surface area is 87.7 Å². The van der Waals surface area contributed by atoms with Crippen LogP contribution in [0.5, 0.6) is 0 Å². The molecule has 1 fully saturated rings. The number of hydrogen-bond donors (Lipinski definition) is 1. The Bertz CT molecular complexity index is 371. The first-order chi connectivity index (χ1) is 7.09. The molecule has 1 aromatic rings. The lowest BCUT2D eigenvalue weighted by molar-refractivity contribution is -0.389. The molecule has 1 aromatic heterocycles. The monoisotopic (exact) mass is 207 g/mol. The van der Waals surface area contributed by atoms with Crippen molar-refractivity contribution in [3.63, 3.8) is 0 Å². The summed E-state index contributed by atoms with van der Waals surface area (Å²) in [6, 6.07) is 3.12. The predicted octanol–water partition coefficient (Wildman–Crippen LogP) is 2.34. The summed E-state index contributed by atoms with van der Waals surface area (Å²) in [4.78, 5) is 13.7. The topological polar surface area (TPSA) is 68.1 Å². The molecule has 1 heterocycles. The molecule has 0 aliphatic heterocycles. The SMILES string of the molecule is CC1(Nc2ccc([N+](=O)[O-])nc2)CCC1. The summed E-state index contributed by atoms with van der Waals surface area (Å²) >= 11 is 0. The Balaban J connectivity index is 2.07. The third-order valence-corrected chi connectivity index (χ3v) is 2.84. The molecule has 0 aromatic carbocycles. The largest absolute Gasteiger partial charge is 0.377 e. The highest BCUT2D eigenvalue weighted by Gasteiger charge is 2.31. The molecule has 5 heteroatoms. The Kier molecular flexibility index (Phi) is 2.30. The first kappa shape index (κ1) is 9.89. The van der Waals surface area contributed by atoms with Crippen molar-refractivity contribution in [3.05, 3.63) is 28.4 Å². The fraction of sp³-hybridized carbons (Fsp3) is 0.500. The van der Waals surface area contributed by atoms with Gasteiger partial charge < -0.3 is 15.4 Å². The van der Waals surface area contributed by atoms with Crippen molar-refractivity contribution in [1.29, 1.82) is 0 Å². The van der Waals surface area contributed by atoms with Gasteiger partial charge in [0.2, 0.25) is 0 Å². The number of hydrogen-bond acceptors (Lipinski definition) is 4. The van der Waals surface area contributed by atoms with E-state index in [-0.39, 0.29) is 11.4 Å². The van der Waals surface area contributed by atoms with E-state index in [0.29, 0.717) is 0 Å². The van der Waals surface area contributed by atoms with Gasteiger partial charge in [0.1, 0.15) is 0 Å². The summed E-state index contributed by atoms with van der Waals surface area (Å²) in [6.45, 7) is 2.15. The van der Waals surface area contributed by atoms with Crippen molar-refractivity contribution in [1.82, 2.24) is 4.98 Å². The van der Waals surface area contributed by atoms with E-state index in [4.69, 9.17) is 0 Å². The summed E-state index contributed by atoms with van der Waals surface area (Å²) in [7, 11) is 0. The van der Waals surface area contributed by atoms with Gasteiger partial charge in [-0.1, -0.05) is 0 Å². The van der Waals surface area contributed by atoms with E-state index in [1.54, 1.807) is 6.07 Å². The molecule has 1 saturated carbocycles. The third-order valence-electron chi connectivity index (χ3n) is 2.84. The number of nitrogens with zero attached hydrogens (tertiary/aromatic N) is 2. The van der Waals surface area contributed by atoms with Gasteiger partial charge in [-0.2, -0.15) is 0 Å². The molecule has 0 unspecified atom stereocenters. The molecular formula is C10H13N3O2. The van der Waals surface area contributed by atoms with E-state index in [0.717, 1.165) is 18.5 Å². The molecular weight excluding hydrogens is 194 g/mol. The van der Waals surface area contributed by atoms with Crippen LogP contribution in [-0.2, 0) is 0 Å². The average molecular weight is 207 g/mol. The molecule has 1 aliphatic carbocycles. The van der Waals surface area contributed by atoms with Crippen LogP contribution in [0.3, 0.4) is 0 Å². The number of pyridine rings is 1. The highest BCUT2D eigenvalue weighted by Crippen LogP contribution is 2.34. The Hall–Kier alpha value is -1.65. The number of rotatable bonds is 3. The van der Waals surface area contributed by atoms with Gasteiger partial charge in [0.25, 0.3) is 0 Å². The van der Waals surface area contributed by atoms with Gasteiger partial charge in [0.05, 0.1) is 5.69 Å². The highest BCUT2D eigenvalue weighted by molar-refractivity contribution is 5.46. The van der Waals surface area contributed by atoms with Crippen LogP contribution in [0, 0.1) is 10.1 Å². The van der Waals surface area contributed by atoms with Crippen molar-refractivity contribution in [2.75, 3.05) is 5.32 Å². The fourth-order valence-corrected chi connectivity index (χ4v) is 1.75. The highest BCUT2D eigenvalue weighted by atomic mass is 16.6. The molecule has 15 heavy (non-hydrogen) atoms. The van der Waals surface area contributed by atoms with E-state index in [9.17, 15) is 10.1 Å². The number of aromatic nitrogens is 1. The number of nitrogens with one attached hydrogen (secondary N) is 1. The summed E-state index contributed by atoms with van der Waals surface area (Å²) in [5, 5.41) is 13.7. The zero-order valence-electron chi connectivity index (χ0n) is 8.56. The van der Waals surface area contributed by atoms with Crippen LogP contribution in [0.2, 0.25) is 0 Å². The number of nitro groups is 1. The zero-order chi connectivity index (χ0) is 10.9. The van der Waals surface area contributed by atoms with Crippen LogP contribution >= 0.6 is 0 Å². The molecule has 0 radical (unpaired) electrons. The van der Waals surface area contributed by atoms with E-state index in [1.165, 1.54) is 18.7 Å². The van der Waals surface area contributed by atoms with Crippen molar-refractivity contribution in [2.45, 2.75) is 31.7 Å². The van der Waals surface area contributed by atoms with Crippen molar-refractivity contribution in [2.24, 2.45) is 0 Å². The van der Waals surface area contributed by atoms with Gasteiger partial charge in [-0.05, 0) is 42.2 Å². The second-order valence-corrected chi connectivity index (χ2v) is 4.20. The van der Waals surface area contributed by atoms with E-state index >= 15 is 0 Å². The van der Waals surface area contributed by atoms with Crippen LogP contribution in [0.15, 0.2) is 18.3 Å². The Morgan fingerprint density at radius 2 is 2.27 bits per heavy atom. The third kappa shape index (κ3) is 2.06. The molecule has 0 amide bonds. The van der Waals surface area contributed by atoms with Gasteiger partial charge in [-0.25, -0.2) is 0 Å². The first-order valence-corrected chi connectivity index (χ1v) is 4.98. The quantitative estimate of drug-likeness (QED) is 0.610. The predicted molar refractivity (Wildman–Crippen MR) is 56.8 cm³/mol. The normalized spacial score (nSPS) is 17.9. The van der Waals surface area contributed by atoms with Crippen LogP contribution in [0.1, 0.15) is 26.2 Å². The minimum absolute atomic E-state index is 0.112. The maximum Gasteiger partial charge on any atom is 0.363 e. The van der Waals surface area contributed by atoms with Crippen LogP contribution in [-0.4, -0.2) is 15.4 Å². The molecule has 1 N–H and O–H groups in total. The molecule has 80 valence electrons. The lowest BCUT2D eigenvalue weighted by atomic mass is 9.78. The van der Waals surface area contributed by atoms with Crippen molar-refractivity contribution in [3.8, 4) is 0 Å². The maximum absolute atomic E-state index is 10.4.